The summed E-state index contributed by atoms with van der Waals surface area (Å²) in [5.74, 6) is 2.26. The van der Waals surface area contributed by atoms with Gasteiger partial charge in [-0.25, -0.2) is 0 Å². The molecule has 0 rings (SSSR count). The Morgan fingerprint density at radius 1 is 1.83 bits per heavy atom. The fourth-order valence-corrected chi connectivity index (χ4v) is 0.107. The molecule has 0 aliphatic rings. The van der Waals surface area contributed by atoms with Crippen molar-refractivity contribution in [1.29, 1.82) is 0 Å². The molecule has 1 heteroatoms. The summed E-state index contributed by atoms with van der Waals surface area (Å²) in [5, 5.41) is 0. The molecule has 0 aromatic carbocycles. The molecule has 0 atom stereocenters. The Balaban J connectivity index is 3.02. The zero-order chi connectivity index (χ0) is 4.83. The fourth-order valence-electron chi connectivity index (χ4n) is 0.107. The normalized spacial score (nSPS) is 8.00. The van der Waals surface area contributed by atoms with E-state index < -0.39 is 0 Å². The summed E-state index contributed by atoms with van der Waals surface area (Å²) in [6, 6.07) is 0. The van der Waals surface area contributed by atoms with Gasteiger partial charge >= 0.3 is 0 Å². The molecule has 0 N–H and O–H groups in total. The van der Waals surface area contributed by atoms with E-state index in [2.05, 4.69) is 10.7 Å². The van der Waals surface area contributed by atoms with Crippen molar-refractivity contribution in [2.45, 2.75) is 0 Å². The van der Waals surface area contributed by atoms with E-state index in [0.29, 0.717) is 0 Å². The zero-order valence-corrected chi connectivity index (χ0v) is 3.64. The third kappa shape index (κ3) is 3.10. The first-order valence-electron chi connectivity index (χ1n) is 1.55. The van der Waals surface area contributed by atoms with Crippen molar-refractivity contribution in [2.24, 2.45) is 0 Å². The van der Waals surface area contributed by atoms with Crippen LogP contribution in [0.25, 0.3) is 0 Å². The minimum absolute atomic E-state index is 1.44. The molecular formula is C5H6O. The Morgan fingerprint density at radius 3 is 2.67 bits per heavy atom. The number of hydrogen-bond donors (Lipinski definition) is 0. The van der Waals surface area contributed by atoms with E-state index in [4.69, 9.17) is 6.42 Å². The lowest BCUT2D eigenvalue weighted by atomic mass is 10.7. The number of methoxy groups -OCH3 is 1. The van der Waals surface area contributed by atoms with Gasteiger partial charge in [0.2, 0.25) is 0 Å². The topological polar surface area (TPSA) is 9.23 Å². The number of rotatable bonds is 1. The highest BCUT2D eigenvalue weighted by Crippen LogP contribution is 1.64. The van der Waals surface area contributed by atoms with Gasteiger partial charge < -0.3 is 4.74 Å². The van der Waals surface area contributed by atoms with E-state index in [9.17, 15) is 0 Å². The molecule has 0 fully saturated rings. The van der Waals surface area contributed by atoms with Gasteiger partial charge in [-0.1, -0.05) is 5.92 Å². The van der Waals surface area contributed by atoms with Crippen molar-refractivity contribution in [1.82, 2.24) is 0 Å². The highest BCUT2D eigenvalue weighted by Gasteiger charge is 1.51. The van der Waals surface area contributed by atoms with Gasteiger partial charge in [-0.05, 0) is 0 Å². The van der Waals surface area contributed by atoms with Crippen LogP contribution in [0.3, 0.4) is 0 Å². The Bertz CT molecular complexity index is 76.4. The molecule has 0 aliphatic carbocycles. The highest BCUT2D eigenvalue weighted by atomic mass is 16.5. The Labute approximate surface area is 37.6 Å². The van der Waals surface area contributed by atoms with Crippen LogP contribution in [0.4, 0.5) is 0 Å². The SMILES string of the molecule is C#CC=COC. The molecule has 0 unspecified atom stereocenters. The summed E-state index contributed by atoms with van der Waals surface area (Å²) < 4.78 is 4.46. The summed E-state index contributed by atoms with van der Waals surface area (Å²) in [5.41, 5.74) is 0. The van der Waals surface area contributed by atoms with Gasteiger partial charge in [-0.2, -0.15) is 0 Å². The van der Waals surface area contributed by atoms with Crippen LogP contribution in [-0.2, 0) is 4.74 Å². The van der Waals surface area contributed by atoms with Crippen molar-refractivity contribution in [3.8, 4) is 12.3 Å². The van der Waals surface area contributed by atoms with E-state index in [0.717, 1.165) is 0 Å². The minimum Gasteiger partial charge on any atom is -0.504 e. The van der Waals surface area contributed by atoms with Crippen LogP contribution in [0.15, 0.2) is 12.3 Å². The summed E-state index contributed by atoms with van der Waals surface area (Å²) >= 11 is 0. The second kappa shape index (κ2) is 4.10. The Hall–Kier alpha value is -0.900. The summed E-state index contributed by atoms with van der Waals surface area (Å²) in [6.07, 6.45) is 7.73. The maximum atomic E-state index is 4.80. The molecule has 6 heavy (non-hydrogen) atoms. The summed E-state index contributed by atoms with van der Waals surface area (Å²) in [7, 11) is 1.55. The first kappa shape index (κ1) is 5.10. The molecule has 32 valence electrons. The average Bonchev–Trinajstić information content (AvgIpc) is 1.61. The molecule has 0 radical (unpaired) electrons. The summed E-state index contributed by atoms with van der Waals surface area (Å²) in [6.45, 7) is 0. The third-order valence-corrected chi connectivity index (χ3v) is 0.300. The third-order valence-electron chi connectivity index (χ3n) is 0.300. The van der Waals surface area contributed by atoms with Crippen molar-refractivity contribution >= 4 is 0 Å². The molecule has 0 aromatic heterocycles. The zero-order valence-electron chi connectivity index (χ0n) is 3.64. The Kier molecular flexibility index (Phi) is 3.48. The van der Waals surface area contributed by atoms with Crippen molar-refractivity contribution < 1.29 is 4.74 Å². The second-order valence-corrected chi connectivity index (χ2v) is 0.705. The van der Waals surface area contributed by atoms with Gasteiger partial charge in [0, 0.05) is 6.08 Å². The standard InChI is InChI=1S/C5H6O/c1-3-4-5-6-2/h1,4-5H,2H3. The fraction of sp³-hybridized carbons (Fsp3) is 0.200. The molecule has 0 bridgehead atoms. The van der Waals surface area contributed by atoms with Crippen molar-refractivity contribution in [3.05, 3.63) is 12.3 Å². The molecule has 0 amide bonds. The maximum absolute atomic E-state index is 4.80. The van der Waals surface area contributed by atoms with E-state index >= 15 is 0 Å². The predicted molar refractivity (Wildman–Crippen MR) is 25.0 cm³/mol. The lowest BCUT2D eigenvalue weighted by Gasteiger charge is -1.76. The van der Waals surface area contributed by atoms with E-state index in [-0.39, 0.29) is 0 Å². The molecule has 0 saturated carbocycles. The maximum Gasteiger partial charge on any atom is 0.0907 e. The largest absolute Gasteiger partial charge is 0.504 e. The van der Waals surface area contributed by atoms with Crippen LogP contribution >= 0.6 is 0 Å². The van der Waals surface area contributed by atoms with Crippen molar-refractivity contribution in [3.63, 3.8) is 0 Å². The molecular weight excluding hydrogens is 76.1 g/mol. The minimum atomic E-state index is 1.44. The first-order chi connectivity index (χ1) is 2.91. The van der Waals surface area contributed by atoms with Gasteiger partial charge in [0.25, 0.3) is 0 Å². The van der Waals surface area contributed by atoms with Gasteiger partial charge in [-0.3, -0.25) is 0 Å². The van der Waals surface area contributed by atoms with Gasteiger partial charge in [0.05, 0.1) is 13.4 Å². The van der Waals surface area contributed by atoms with Gasteiger partial charge in [0.15, 0.2) is 0 Å². The Morgan fingerprint density at radius 2 is 2.50 bits per heavy atom. The van der Waals surface area contributed by atoms with Crippen LogP contribution in [0.5, 0.6) is 0 Å². The second-order valence-electron chi connectivity index (χ2n) is 0.705. The molecule has 0 saturated heterocycles. The average molecular weight is 82.1 g/mol. The molecule has 0 spiro atoms. The number of hydrogen-bond acceptors (Lipinski definition) is 1. The lowest BCUT2D eigenvalue weighted by molar-refractivity contribution is 0.338. The smallest absolute Gasteiger partial charge is 0.0907 e. The van der Waals surface area contributed by atoms with Gasteiger partial charge in [0.1, 0.15) is 0 Å². The van der Waals surface area contributed by atoms with Gasteiger partial charge in [-0.15, -0.1) is 6.42 Å². The summed E-state index contributed by atoms with van der Waals surface area (Å²) in [4.78, 5) is 0. The molecule has 0 aromatic rings. The number of terminal acetylenes is 1. The van der Waals surface area contributed by atoms with Crippen LogP contribution < -0.4 is 0 Å². The van der Waals surface area contributed by atoms with Crippen LogP contribution in [0.2, 0.25) is 0 Å². The van der Waals surface area contributed by atoms with Crippen LogP contribution in [-0.4, -0.2) is 7.11 Å². The lowest BCUT2D eigenvalue weighted by Crippen LogP contribution is -1.59. The number of ether oxygens (including phenoxy) is 1. The monoisotopic (exact) mass is 82.0 g/mol. The molecule has 0 heterocycles. The predicted octanol–water partition coefficient (Wildman–Crippen LogP) is 0.780. The van der Waals surface area contributed by atoms with Crippen molar-refractivity contribution in [2.75, 3.05) is 7.11 Å². The van der Waals surface area contributed by atoms with Crippen LogP contribution in [0.1, 0.15) is 0 Å². The highest BCUT2D eigenvalue weighted by molar-refractivity contribution is 5.05. The molecule has 1 nitrogen and oxygen atoms in total. The quantitative estimate of drug-likeness (QED) is 0.335. The van der Waals surface area contributed by atoms with Crippen LogP contribution in [0, 0.1) is 12.3 Å². The van der Waals surface area contributed by atoms with E-state index in [1.54, 1.807) is 7.11 Å². The number of allylic oxidation sites excluding steroid dienone is 1. The molecule has 0 aliphatic heterocycles. The first-order valence-corrected chi connectivity index (χ1v) is 1.55. The van der Waals surface area contributed by atoms with E-state index in [1.165, 1.54) is 12.3 Å². The van der Waals surface area contributed by atoms with E-state index in [1.807, 2.05) is 0 Å².